The Morgan fingerprint density at radius 2 is 2.38 bits per heavy atom. The maximum absolute atomic E-state index is 11.5. The first kappa shape index (κ1) is 10.8. The molecule has 0 saturated carbocycles. The Labute approximate surface area is 94.3 Å². The number of rotatable bonds is 3. The van der Waals surface area contributed by atoms with Gasteiger partial charge >= 0.3 is 0 Å². The highest BCUT2D eigenvalue weighted by molar-refractivity contribution is 6.28. The van der Waals surface area contributed by atoms with Gasteiger partial charge in [0, 0.05) is 12.7 Å². The van der Waals surface area contributed by atoms with E-state index in [2.05, 4.69) is 4.98 Å². The molecule has 1 aliphatic rings. The van der Waals surface area contributed by atoms with Crippen LogP contribution in [0.4, 0.5) is 5.69 Å². The highest BCUT2D eigenvalue weighted by Crippen LogP contribution is 2.23. The molecule has 1 unspecified atom stereocenters. The third-order valence-electron chi connectivity index (χ3n) is 2.92. The van der Waals surface area contributed by atoms with E-state index in [1.54, 1.807) is 12.4 Å². The van der Waals surface area contributed by atoms with Crippen LogP contribution in [0.1, 0.15) is 19.3 Å². The summed E-state index contributed by atoms with van der Waals surface area (Å²) < 4.78 is 0. The van der Waals surface area contributed by atoms with Crippen LogP contribution in [0.15, 0.2) is 24.5 Å². The van der Waals surface area contributed by atoms with Crippen molar-refractivity contribution >= 4 is 17.8 Å². The van der Waals surface area contributed by atoms with Crippen molar-refractivity contribution in [3.63, 3.8) is 0 Å². The number of hydrogen-bond donors (Lipinski definition) is 0. The molecule has 1 atom stereocenters. The normalized spacial score (nSPS) is 20.5. The molecular formula is C12H14N2O2. The number of Topliss-reactive ketones (excluding diaryl/α,β-unsaturated/α-hetero) is 1. The summed E-state index contributed by atoms with van der Waals surface area (Å²) in [4.78, 5) is 28.1. The van der Waals surface area contributed by atoms with Crippen LogP contribution < -0.4 is 4.90 Å². The molecule has 2 heterocycles. The fourth-order valence-electron chi connectivity index (χ4n) is 2.14. The summed E-state index contributed by atoms with van der Waals surface area (Å²) in [6.45, 7) is 0.815. The van der Waals surface area contributed by atoms with E-state index in [4.69, 9.17) is 0 Å². The lowest BCUT2D eigenvalue weighted by atomic mass is 9.98. The highest BCUT2D eigenvalue weighted by Gasteiger charge is 2.28. The predicted octanol–water partition coefficient (Wildman–Crippen LogP) is 1.21. The molecule has 0 aromatic carbocycles. The van der Waals surface area contributed by atoms with Crippen molar-refractivity contribution in [2.75, 3.05) is 11.4 Å². The smallest absolute Gasteiger partial charge is 0.217 e. The fraction of sp³-hybridized carbons (Fsp3) is 0.417. The Morgan fingerprint density at radius 1 is 1.50 bits per heavy atom. The molecular weight excluding hydrogens is 204 g/mol. The molecule has 0 spiro atoms. The average Bonchev–Trinajstić information content (AvgIpc) is 2.39. The minimum absolute atomic E-state index is 0.296. The lowest BCUT2D eigenvalue weighted by molar-refractivity contribution is -0.131. The van der Waals surface area contributed by atoms with Gasteiger partial charge in [0.15, 0.2) is 6.29 Å². The number of aldehydes is 1. The fourth-order valence-corrected chi connectivity index (χ4v) is 2.14. The number of anilines is 1. The van der Waals surface area contributed by atoms with Gasteiger partial charge in [0.2, 0.25) is 5.78 Å². The first-order valence-electron chi connectivity index (χ1n) is 5.48. The topological polar surface area (TPSA) is 50.3 Å². The third kappa shape index (κ3) is 2.10. The Hall–Kier alpha value is -1.71. The largest absolute Gasteiger partial charge is 0.360 e. The van der Waals surface area contributed by atoms with Gasteiger partial charge in [0.1, 0.15) is 0 Å². The monoisotopic (exact) mass is 218 g/mol. The van der Waals surface area contributed by atoms with Crippen molar-refractivity contribution < 1.29 is 9.59 Å². The van der Waals surface area contributed by atoms with Crippen molar-refractivity contribution in [3.8, 4) is 0 Å². The SMILES string of the molecule is O=CC(=O)C1CCCCN1c1cccnc1. The molecule has 1 aromatic rings. The number of carbonyl (C=O) groups excluding carboxylic acids is 2. The Bertz CT molecular complexity index is 378. The van der Waals surface area contributed by atoms with Gasteiger partial charge in [-0.3, -0.25) is 14.6 Å². The highest BCUT2D eigenvalue weighted by atomic mass is 16.2. The first-order valence-corrected chi connectivity index (χ1v) is 5.48. The van der Waals surface area contributed by atoms with E-state index < -0.39 is 0 Å². The van der Waals surface area contributed by atoms with Gasteiger partial charge in [-0.2, -0.15) is 0 Å². The van der Waals surface area contributed by atoms with Gasteiger partial charge in [-0.05, 0) is 31.4 Å². The number of hydrogen-bond acceptors (Lipinski definition) is 4. The van der Waals surface area contributed by atoms with Crippen LogP contribution in [0.3, 0.4) is 0 Å². The second-order valence-corrected chi connectivity index (χ2v) is 3.94. The van der Waals surface area contributed by atoms with Crippen LogP contribution in [0.25, 0.3) is 0 Å². The Morgan fingerprint density at radius 3 is 3.06 bits per heavy atom. The van der Waals surface area contributed by atoms with E-state index in [0.717, 1.165) is 31.5 Å². The van der Waals surface area contributed by atoms with Crippen LogP contribution in [0.2, 0.25) is 0 Å². The summed E-state index contributed by atoms with van der Waals surface area (Å²) in [5.41, 5.74) is 0.919. The second kappa shape index (κ2) is 4.88. The zero-order valence-corrected chi connectivity index (χ0v) is 9.00. The number of carbonyl (C=O) groups is 2. The zero-order chi connectivity index (χ0) is 11.4. The van der Waals surface area contributed by atoms with Crippen LogP contribution in [-0.4, -0.2) is 29.6 Å². The lowest BCUT2D eigenvalue weighted by Gasteiger charge is -2.35. The van der Waals surface area contributed by atoms with Crippen molar-refractivity contribution in [3.05, 3.63) is 24.5 Å². The average molecular weight is 218 g/mol. The van der Waals surface area contributed by atoms with E-state index >= 15 is 0 Å². The number of pyridine rings is 1. The van der Waals surface area contributed by atoms with Gasteiger partial charge in [0.25, 0.3) is 0 Å². The molecule has 1 aromatic heterocycles. The van der Waals surface area contributed by atoms with Gasteiger partial charge < -0.3 is 4.90 Å². The number of ketones is 1. The zero-order valence-electron chi connectivity index (χ0n) is 9.00. The molecule has 4 nitrogen and oxygen atoms in total. The lowest BCUT2D eigenvalue weighted by Crippen LogP contribution is -2.45. The van der Waals surface area contributed by atoms with Crippen LogP contribution in [0.5, 0.6) is 0 Å². The van der Waals surface area contributed by atoms with E-state index in [0.29, 0.717) is 6.29 Å². The number of nitrogens with zero attached hydrogens (tertiary/aromatic N) is 2. The molecule has 4 heteroatoms. The summed E-state index contributed by atoms with van der Waals surface area (Å²) in [5, 5.41) is 0. The van der Waals surface area contributed by atoms with Crippen molar-refractivity contribution in [2.24, 2.45) is 0 Å². The molecule has 1 fully saturated rings. The van der Waals surface area contributed by atoms with E-state index in [9.17, 15) is 9.59 Å². The van der Waals surface area contributed by atoms with Crippen LogP contribution >= 0.6 is 0 Å². The molecule has 0 aliphatic carbocycles. The van der Waals surface area contributed by atoms with Gasteiger partial charge in [-0.15, -0.1) is 0 Å². The summed E-state index contributed by atoms with van der Waals surface area (Å²) >= 11 is 0. The van der Waals surface area contributed by atoms with Crippen LogP contribution in [-0.2, 0) is 9.59 Å². The second-order valence-electron chi connectivity index (χ2n) is 3.94. The van der Waals surface area contributed by atoms with Crippen molar-refractivity contribution in [1.29, 1.82) is 0 Å². The quantitative estimate of drug-likeness (QED) is 0.565. The van der Waals surface area contributed by atoms with E-state index in [1.165, 1.54) is 0 Å². The molecule has 84 valence electrons. The maximum atomic E-state index is 11.5. The first-order chi connectivity index (χ1) is 7.83. The molecule has 0 N–H and O–H groups in total. The molecule has 1 saturated heterocycles. The van der Waals surface area contributed by atoms with Gasteiger partial charge in [-0.25, -0.2) is 0 Å². The summed E-state index contributed by atoms with van der Waals surface area (Å²) in [5.74, 6) is -0.330. The summed E-state index contributed by atoms with van der Waals surface area (Å²) in [6.07, 6.45) is 6.67. The van der Waals surface area contributed by atoms with Crippen molar-refractivity contribution in [2.45, 2.75) is 25.3 Å². The summed E-state index contributed by atoms with van der Waals surface area (Å²) in [6, 6.07) is 3.46. The summed E-state index contributed by atoms with van der Waals surface area (Å²) in [7, 11) is 0. The molecule has 0 bridgehead atoms. The maximum Gasteiger partial charge on any atom is 0.217 e. The van der Waals surface area contributed by atoms with Crippen LogP contribution in [0, 0.1) is 0 Å². The Balaban J connectivity index is 2.23. The predicted molar refractivity (Wildman–Crippen MR) is 60.3 cm³/mol. The van der Waals surface area contributed by atoms with E-state index in [-0.39, 0.29) is 11.8 Å². The molecule has 16 heavy (non-hydrogen) atoms. The molecule has 0 radical (unpaired) electrons. The number of aromatic nitrogens is 1. The minimum atomic E-state index is -0.330. The third-order valence-corrected chi connectivity index (χ3v) is 2.92. The Kier molecular flexibility index (Phi) is 3.29. The van der Waals surface area contributed by atoms with Crippen molar-refractivity contribution in [1.82, 2.24) is 4.98 Å². The van der Waals surface area contributed by atoms with Gasteiger partial charge in [0.05, 0.1) is 17.9 Å². The van der Waals surface area contributed by atoms with Gasteiger partial charge in [-0.1, -0.05) is 0 Å². The molecule has 1 aliphatic heterocycles. The standard InChI is InChI=1S/C12H14N2O2/c15-9-12(16)11-5-1-2-7-14(11)10-4-3-6-13-8-10/h3-4,6,8-9,11H,1-2,5,7H2. The number of piperidine rings is 1. The minimum Gasteiger partial charge on any atom is -0.360 e. The van der Waals surface area contributed by atoms with E-state index in [1.807, 2.05) is 17.0 Å². The molecule has 0 amide bonds. The molecule has 2 rings (SSSR count).